The zero-order valence-electron chi connectivity index (χ0n) is 11.7. The van der Waals surface area contributed by atoms with Crippen molar-refractivity contribution in [3.05, 3.63) is 24.3 Å². The summed E-state index contributed by atoms with van der Waals surface area (Å²) >= 11 is 1.38. The van der Waals surface area contributed by atoms with Crippen LogP contribution in [0.1, 0.15) is 13.3 Å². The molecule has 1 amide bonds. The summed E-state index contributed by atoms with van der Waals surface area (Å²) in [6.07, 6.45) is 0.739. The normalized spacial score (nSPS) is 10.1. The van der Waals surface area contributed by atoms with Crippen molar-refractivity contribution >= 4 is 23.6 Å². The molecule has 20 heavy (non-hydrogen) atoms. The number of aliphatic carboxylic acids is 1. The van der Waals surface area contributed by atoms with Crippen molar-refractivity contribution in [1.82, 2.24) is 4.90 Å². The number of carbonyl (C=O) groups excluding carboxylic acids is 1. The summed E-state index contributed by atoms with van der Waals surface area (Å²) in [4.78, 5) is 25.0. The van der Waals surface area contributed by atoms with Crippen LogP contribution >= 0.6 is 11.8 Å². The second kappa shape index (κ2) is 8.47. The number of hydrogen-bond donors (Lipinski definition) is 1. The van der Waals surface area contributed by atoms with Gasteiger partial charge in [0.25, 0.3) is 0 Å². The highest BCUT2D eigenvalue weighted by atomic mass is 32.2. The molecule has 1 aromatic rings. The Morgan fingerprint density at radius 3 is 2.75 bits per heavy atom. The Morgan fingerprint density at radius 1 is 1.40 bits per heavy atom. The Bertz CT molecular complexity index is 464. The number of nitrogens with zero attached hydrogens (tertiary/aromatic N) is 1. The van der Waals surface area contributed by atoms with Gasteiger partial charge in [0, 0.05) is 11.4 Å². The fraction of sp³-hybridized carbons (Fsp3) is 0.429. The molecule has 0 aliphatic carbocycles. The molecule has 0 saturated heterocycles. The molecule has 0 spiro atoms. The highest BCUT2D eigenvalue weighted by molar-refractivity contribution is 8.00. The lowest BCUT2D eigenvalue weighted by Crippen LogP contribution is -2.37. The molecule has 0 heterocycles. The SMILES string of the molecule is CCCN(CC(=O)O)C(=O)CSc1cccc(OC)c1. The minimum absolute atomic E-state index is 0.165. The van der Waals surface area contributed by atoms with E-state index in [2.05, 4.69) is 0 Å². The molecule has 0 bridgehead atoms. The van der Waals surface area contributed by atoms with E-state index in [1.807, 2.05) is 31.2 Å². The molecule has 0 radical (unpaired) electrons. The minimum Gasteiger partial charge on any atom is -0.497 e. The molecule has 110 valence electrons. The molecule has 0 unspecified atom stereocenters. The Balaban J connectivity index is 2.57. The summed E-state index contributed by atoms with van der Waals surface area (Å²) < 4.78 is 5.11. The number of benzene rings is 1. The van der Waals surface area contributed by atoms with Gasteiger partial charge in [0.05, 0.1) is 12.9 Å². The quantitative estimate of drug-likeness (QED) is 0.744. The molecule has 0 aliphatic rings. The van der Waals surface area contributed by atoms with E-state index in [0.717, 1.165) is 17.1 Å². The number of carbonyl (C=O) groups is 2. The van der Waals surface area contributed by atoms with E-state index < -0.39 is 5.97 Å². The van der Waals surface area contributed by atoms with Gasteiger partial charge in [-0.25, -0.2) is 0 Å². The largest absolute Gasteiger partial charge is 0.497 e. The van der Waals surface area contributed by atoms with Crippen molar-refractivity contribution < 1.29 is 19.4 Å². The third-order valence-corrected chi connectivity index (χ3v) is 3.55. The first kappa shape index (κ1) is 16.4. The van der Waals surface area contributed by atoms with Crippen molar-refractivity contribution in [2.45, 2.75) is 18.2 Å². The molecule has 0 fully saturated rings. The number of carboxylic acid groups (broad SMARTS) is 1. The summed E-state index contributed by atoms with van der Waals surface area (Å²) in [5.74, 6) is -0.195. The summed E-state index contributed by atoms with van der Waals surface area (Å²) in [5, 5.41) is 8.80. The van der Waals surface area contributed by atoms with E-state index in [9.17, 15) is 9.59 Å². The first-order valence-corrected chi connectivity index (χ1v) is 7.31. The van der Waals surface area contributed by atoms with E-state index in [0.29, 0.717) is 6.54 Å². The van der Waals surface area contributed by atoms with Gasteiger partial charge in [-0.15, -0.1) is 11.8 Å². The van der Waals surface area contributed by atoms with Crippen LogP contribution in [0.15, 0.2) is 29.2 Å². The van der Waals surface area contributed by atoms with Crippen molar-refractivity contribution in [3.63, 3.8) is 0 Å². The van der Waals surface area contributed by atoms with Gasteiger partial charge in [0.2, 0.25) is 5.91 Å². The van der Waals surface area contributed by atoms with Crippen LogP contribution in [-0.4, -0.2) is 47.8 Å². The second-order valence-electron chi connectivity index (χ2n) is 4.18. The fourth-order valence-corrected chi connectivity index (χ4v) is 2.50. The highest BCUT2D eigenvalue weighted by Crippen LogP contribution is 2.23. The van der Waals surface area contributed by atoms with Gasteiger partial charge in [0.1, 0.15) is 12.3 Å². The summed E-state index contributed by atoms with van der Waals surface area (Å²) in [7, 11) is 1.59. The van der Waals surface area contributed by atoms with E-state index in [4.69, 9.17) is 9.84 Å². The Morgan fingerprint density at radius 2 is 2.15 bits per heavy atom. The zero-order chi connectivity index (χ0) is 15.0. The van der Waals surface area contributed by atoms with Gasteiger partial charge in [0.15, 0.2) is 0 Å². The average Bonchev–Trinajstić information content (AvgIpc) is 2.44. The first-order chi connectivity index (χ1) is 9.56. The number of thioether (sulfide) groups is 1. The first-order valence-electron chi connectivity index (χ1n) is 6.33. The van der Waals surface area contributed by atoms with Crippen LogP contribution in [0, 0.1) is 0 Å². The van der Waals surface area contributed by atoms with Crippen LogP contribution in [0.5, 0.6) is 5.75 Å². The molecule has 6 heteroatoms. The number of amides is 1. The summed E-state index contributed by atoms with van der Waals surface area (Å²) in [6, 6.07) is 7.42. The van der Waals surface area contributed by atoms with Crippen molar-refractivity contribution in [3.8, 4) is 5.75 Å². The molecule has 1 rings (SSSR count). The Kier molecular flexibility index (Phi) is 6.93. The number of carboxylic acids is 1. The van der Waals surface area contributed by atoms with E-state index in [1.54, 1.807) is 7.11 Å². The topological polar surface area (TPSA) is 66.8 Å². The van der Waals surface area contributed by atoms with Crippen LogP contribution in [0.4, 0.5) is 0 Å². The van der Waals surface area contributed by atoms with Crippen molar-refractivity contribution in [2.75, 3.05) is 26.0 Å². The predicted molar refractivity (Wildman–Crippen MR) is 78.2 cm³/mol. The zero-order valence-corrected chi connectivity index (χ0v) is 12.5. The minimum atomic E-state index is -0.988. The molecule has 0 aliphatic heterocycles. The molecular weight excluding hydrogens is 278 g/mol. The second-order valence-corrected chi connectivity index (χ2v) is 5.23. The van der Waals surface area contributed by atoms with Gasteiger partial charge < -0.3 is 14.7 Å². The third kappa shape index (κ3) is 5.52. The number of ether oxygens (including phenoxy) is 1. The lowest BCUT2D eigenvalue weighted by molar-refractivity contribution is -0.143. The van der Waals surface area contributed by atoms with Crippen molar-refractivity contribution in [2.24, 2.45) is 0 Å². The number of methoxy groups -OCH3 is 1. The molecule has 0 aromatic heterocycles. The summed E-state index contributed by atoms with van der Waals surface area (Å²) in [5.41, 5.74) is 0. The van der Waals surface area contributed by atoms with Crippen LogP contribution in [0.3, 0.4) is 0 Å². The van der Waals surface area contributed by atoms with Gasteiger partial charge in [-0.3, -0.25) is 9.59 Å². The summed E-state index contributed by atoms with van der Waals surface area (Å²) in [6.45, 7) is 2.13. The Labute approximate surface area is 122 Å². The lowest BCUT2D eigenvalue weighted by Gasteiger charge is -2.19. The molecule has 1 aromatic carbocycles. The van der Waals surface area contributed by atoms with Crippen molar-refractivity contribution in [1.29, 1.82) is 0 Å². The molecule has 5 nitrogen and oxygen atoms in total. The van der Waals surface area contributed by atoms with Gasteiger partial charge in [-0.2, -0.15) is 0 Å². The molecular formula is C14H19NO4S. The maximum absolute atomic E-state index is 12.0. The van der Waals surface area contributed by atoms with Gasteiger partial charge in [-0.05, 0) is 24.6 Å². The van der Waals surface area contributed by atoms with Crippen LogP contribution in [0.25, 0.3) is 0 Å². The standard InChI is InChI=1S/C14H19NO4S/c1-3-7-15(9-14(17)18)13(16)10-20-12-6-4-5-11(8-12)19-2/h4-6,8H,3,7,9-10H2,1-2H3,(H,17,18). The van der Waals surface area contributed by atoms with E-state index in [1.165, 1.54) is 16.7 Å². The maximum atomic E-state index is 12.0. The predicted octanol–water partition coefficient (Wildman–Crippen LogP) is 2.11. The molecule has 0 atom stereocenters. The van der Waals surface area contributed by atoms with Crippen LogP contribution in [-0.2, 0) is 9.59 Å². The number of hydrogen-bond acceptors (Lipinski definition) is 4. The van der Waals surface area contributed by atoms with Crippen LogP contribution < -0.4 is 4.74 Å². The maximum Gasteiger partial charge on any atom is 0.323 e. The number of rotatable bonds is 8. The lowest BCUT2D eigenvalue weighted by atomic mass is 10.3. The van der Waals surface area contributed by atoms with E-state index >= 15 is 0 Å². The average molecular weight is 297 g/mol. The fourth-order valence-electron chi connectivity index (χ4n) is 1.65. The Hall–Kier alpha value is -1.69. The monoisotopic (exact) mass is 297 g/mol. The van der Waals surface area contributed by atoms with E-state index in [-0.39, 0.29) is 18.2 Å². The highest BCUT2D eigenvalue weighted by Gasteiger charge is 2.16. The van der Waals surface area contributed by atoms with Crippen LogP contribution in [0.2, 0.25) is 0 Å². The molecule has 1 N–H and O–H groups in total. The third-order valence-electron chi connectivity index (χ3n) is 2.58. The molecule has 0 saturated carbocycles. The smallest absolute Gasteiger partial charge is 0.323 e. The van der Waals surface area contributed by atoms with Gasteiger partial charge in [-0.1, -0.05) is 13.0 Å². The van der Waals surface area contributed by atoms with Gasteiger partial charge >= 0.3 is 5.97 Å².